The highest BCUT2D eigenvalue weighted by Crippen LogP contribution is 2.48. The quantitative estimate of drug-likeness (QED) is 0.737. The minimum Gasteiger partial charge on any atom is -0.468 e. The van der Waals surface area contributed by atoms with E-state index in [9.17, 15) is 9.59 Å². The summed E-state index contributed by atoms with van der Waals surface area (Å²) in [6, 6.07) is 0. The molecule has 1 atom stereocenters. The van der Waals surface area contributed by atoms with Gasteiger partial charge < -0.3 is 9.47 Å². The Kier molecular flexibility index (Phi) is 5.60. The van der Waals surface area contributed by atoms with Gasteiger partial charge in [0.2, 0.25) is 0 Å². The van der Waals surface area contributed by atoms with Crippen LogP contribution in [-0.4, -0.2) is 25.7 Å². The molecule has 0 saturated heterocycles. The van der Waals surface area contributed by atoms with Crippen LogP contribution in [0.2, 0.25) is 0 Å². The van der Waals surface area contributed by atoms with Gasteiger partial charge in [0.05, 0.1) is 7.11 Å². The van der Waals surface area contributed by atoms with Crippen LogP contribution in [0.5, 0.6) is 0 Å². The summed E-state index contributed by atoms with van der Waals surface area (Å²) in [7, 11) is 1.37. The molecule has 0 amide bonds. The number of hydrogen-bond acceptors (Lipinski definition) is 4. The van der Waals surface area contributed by atoms with Gasteiger partial charge in [0.1, 0.15) is 12.0 Å². The molecule has 1 unspecified atom stereocenters. The van der Waals surface area contributed by atoms with E-state index in [1.165, 1.54) is 14.0 Å². The molecular formula is C15H28O4. The molecule has 0 saturated carbocycles. The summed E-state index contributed by atoms with van der Waals surface area (Å²) in [6.45, 7) is 13.5. The van der Waals surface area contributed by atoms with Crippen LogP contribution < -0.4 is 0 Å². The van der Waals surface area contributed by atoms with Crippen molar-refractivity contribution in [3.05, 3.63) is 0 Å². The molecular weight excluding hydrogens is 244 g/mol. The summed E-state index contributed by atoms with van der Waals surface area (Å²) in [5.41, 5.74) is -1.30. The van der Waals surface area contributed by atoms with E-state index in [0.29, 0.717) is 6.42 Å². The standard InChI is InChI=1S/C15H28O4/c1-11(16)19-10-15(12(17)18-8,14(5,6)7)9-13(2,3)4/h9-10H2,1-8H3. The highest BCUT2D eigenvalue weighted by Gasteiger charge is 2.52. The fourth-order valence-electron chi connectivity index (χ4n) is 2.30. The van der Waals surface area contributed by atoms with Gasteiger partial charge in [0, 0.05) is 6.92 Å². The van der Waals surface area contributed by atoms with E-state index in [0.717, 1.165) is 0 Å². The molecule has 0 radical (unpaired) electrons. The van der Waals surface area contributed by atoms with Gasteiger partial charge in [-0.1, -0.05) is 41.5 Å². The first kappa shape index (κ1) is 17.9. The molecule has 0 bridgehead atoms. The Balaban J connectivity index is 5.59. The first-order chi connectivity index (χ1) is 8.35. The molecule has 0 heterocycles. The number of methoxy groups -OCH3 is 1. The Morgan fingerprint density at radius 1 is 1.00 bits per heavy atom. The lowest BCUT2D eigenvalue weighted by Gasteiger charge is -2.44. The van der Waals surface area contributed by atoms with Crippen molar-refractivity contribution in [2.45, 2.75) is 54.9 Å². The van der Waals surface area contributed by atoms with Gasteiger partial charge in [-0.3, -0.25) is 9.59 Å². The molecule has 0 aliphatic rings. The fourth-order valence-corrected chi connectivity index (χ4v) is 2.30. The van der Waals surface area contributed by atoms with Crippen LogP contribution in [0.3, 0.4) is 0 Å². The third kappa shape index (κ3) is 4.84. The SMILES string of the molecule is COC(=O)C(COC(C)=O)(CC(C)(C)C)C(C)(C)C. The fraction of sp³-hybridized carbons (Fsp3) is 0.867. The van der Waals surface area contributed by atoms with Gasteiger partial charge >= 0.3 is 11.9 Å². The summed E-state index contributed by atoms with van der Waals surface area (Å²) in [6.07, 6.45) is 0.587. The molecule has 0 spiro atoms. The Labute approximate surface area is 116 Å². The topological polar surface area (TPSA) is 52.6 Å². The van der Waals surface area contributed by atoms with Crippen molar-refractivity contribution >= 4 is 11.9 Å². The zero-order valence-electron chi connectivity index (χ0n) is 13.5. The Morgan fingerprint density at radius 2 is 1.47 bits per heavy atom. The number of rotatable bonds is 4. The number of carbonyl (C=O) groups is 2. The Morgan fingerprint density at radius 3 is 1.74 bits per heavy atom. The van der Waals surface area contributed by atoms with Crippen LogP contribution >= 0.6 is 0 Å². The summed E-state index contributed by atoms with van der Waals surface area (Å²) in [4.78, 5) is 23.5. The molecule has 0 rings (SSSR count). The highest BCUT2D eigenvalue weighted by atomic mass is 16.5. The molecule has 0 aromatic rings. The second kappa shape index (κ2) is 5.93. The van der Waals surface area contributed by atoms with Crippen molar-refractivity contribution in [2.24, 2.45) is 16.2 Å². The lowest BCUT2D eigenvalue weighted by molar-refractivity contribution is -0.174. The average molecular weight is 272 g/mol. The van der Waals surface area contributed by atoms with E-state index in [2.05, 4.69) is 20.8 Å². The van der Waals surface area contributed by atoms with Gasteiger partial charge in [-0.05, 0) is 17.3 Å². The molecule has 112 valence electrons. The number of hydrogen-bond donors (Lipinski definition) is 0. The van der Waals surface area contributed by atoms with Crippen LogP contribution in [0.25, 0.3) is 0 Å². The number of esters is 2. The van der Waals surface area contributed by atoms with Crippen LogP contribution in [0.4, 0.5) is 0 Å². The van der Waals surface area contributed by atoms with Gasteiger partial charge in [-0.25, -0.2) is 0 Å². The Bertz CT molecular complexity index is 333. The van der Waals surface area contributed by atoms with E-state index in [1.54, 1.807) is 0 Å². The normalized spacial score (nSPS) is 15.6. The maximum absolute atomic E-state index is 12.4. The van der Waals surface area contributed by atoms with Gasteiger partial charge in [0.25, 0.3) is 0 Å². The van der Waals surface area contributed by atoms with E-state index in [4.69, 9.17) is 9.47 Å². The van der Waals surface area contributed by atoms with Gasteiger partial charge in [0.15, 0.2) is 0 Å². The van der Waals surface area contributed by atoms with Crippen LogP contribution in [0, 0.1) is 16.2 Å². The average Bonchev–Trinajstić information content (AvgIpc) is 2.19. The van der Waals surface area contributed by atoms with Crippen molar-refractivity contribution in [1.29, 1.82) is 0 Å². The lowest BCUT2D eigenvalue weighted by Crippen LogP contribution is -2.50. The maximum atomic E-state index is 12.4. The highest BCUT2D eigenvalue weighted by molar-refractivity contribution is 5.78. The molecule has 0 aliphatic heterocycles. The van der Waals surface area contributed by atoms with Crippen LogP contribution in [0.15, 0.2) is 0 Å². The van der Waals surface area contributed by atoms with Crippen molar-refractivity contribution in [2.75, 3.05) is 13.7 Å². The second-order valence-electron chi connectivity index (χ2n) is 7.34. The van der Waals surface area contributed by atoms with Crippen molar-refractivity contribution in [3.63, 3.8) is 0 Å². The van der Waals surface area contributed by atoms with Gasteiger partial charge in [-0.15, -0.1) is 0 Å². The molecule has 0 fully saturated rings. The molecule has 19 heavy (non-hydrogen) atoms. The summed E-state index contributed by atoms with van der Waals surface area (Å²) in [5.74, 6) is -0.706. The van der Waals surface area contributed by atoms with Crippen molar-refractivity contribution in [3.8, 4) is 0 Å². The predicted molar refractivity (Wildman–Crippen MR) is 74.6 cm³/mol. The molecule has 0 N–H and O–H groups in total. The molecule has 0 aromatic carbocycles. The molecule has 0 aromatic heterocycles. The first-order valence-electron chi connectivity index (χ1n) is 6.57. The summed E-state index contributed by atoms with van der Waals surface area (Å²) in [5, 5.41) is 0. The Hall–Kier alpha value is -1.06. The predicted octanol–water partition coefficient (Wildman–Crippen LogP) is 3.19. The minimum absolute atomic E-state index is 0.0514. The summed E-state index contributed by atoms with van der Waals surface area (Å²) < 4.78 is 10.2. The van der Waals surface area contributed by atoms with E-state index in [1.807, 2.05) is 20.8 Å². The van der Waals surface area contributed by atoms with Gasteiger partial charge in [-0.2, -0.15) is 0 Å². The zero-order valence-corrected chi connectivity index (χ0v) is 13.5. The van der Waals surface area contributed by atoms with Crippen molar-refractivity contribution < 1.29 is 19.1 Å². The van der Waals surface area contributed by atoms with E-state index >= 15 is 0 Å². The monoisotopic (exact) mass is 272 g/mol. The molecule has 4 heteroatoms. The molecule has 0 aliphatic carbocycles. The zero-order chi connectivity index (χ0) is 15.5. The first-order valence-corrected chi connectivity index (χ1v) is 6.57. The van der Waals surface area contributed by atoms with Crippen LogP contribution in [0.1, 0.15) is 54.9 Å². The van der Waals surface area contributed by atoms with E-state index < -0.39 is 5.41 Å². The second-order valence-corrected chi connectivity index (χ2v) is 7.34. The number of ether oxygens (including phenoxy) is 2. The van der Waals surface area contributed by atoms with E-state index in [-0.39, 0.29) is 29.4 Å². The smallest absolute Gasteiger partial charge is 0.315 e. The maximum Gasteiger partial charge on any atom is 0.315 e. The van der Waals surface area contributed by atoms with Crippen LogP contribution in [-0.2, 0) is 19.1 Å². The third-order valence-electron chi connectivity index (χ3n) is 3.37. The largest absolute Gasteiger partial charge is 0.468 e. The summed E-state index contributed by atoms with van der Waals surface area (Å²) >= 11 is 0. The molecule has 4 nitrogen and oxygen atoms in total. The minimum atomic E-state index is -0.842. The third-order valence-corrected chi connectivity index (χ3v) is 3.37. The lowest BCUT2D eigenvalue weighted by atomic mass is 9.60. The number of carbonyl (C=O) groups excluding carboxylic acids is 2. The van der Waals surface area contributed by atoms with Crippen molar-refractivity contribution in [1.82, 2.24) is 0 Å².